The van der Waals surface area contributed by atoms with E-state index in [1.54, 1.807) is 0 Å². The molecule has 1 aliphatic rings. The van der Waals surface area contributed by atoms with Crippen molar-refractivity contribution in [3.8, 4) is 0 Å². The molecule has 0 radical (unpaired) electrons. The molecule has 4 unspecified atom stereocenters. The fraction of sp³-hybridized carbons (Fsp3) is 0.591. The summed E-state index contributed by atoms with van der Waals surface area (Å²) in [7, 11) is 0. The molecule has 0 amide bonds. The number of rotatable bonds is 13. The first-order chi connectivity index (χ1) is 17.4. The lowest BCUT2D eigenvalue weighted by Crippen LogP contribution is -2.48. The van der Waals surface area contributed by atoms with Gasteiger partial charge < -0.3 is 9.47 Å². The summed E-state index contributed by atoms with van der Waals surface area (Å²) in [5, 5.41) is 0. The van der Waals surface area contributed by atoms with Crippen LogP contribution in [0.5, 0.6) is 0 Å². The van der Waals surface area contributed by atoms with Crippen LogP contribution in [0, 0.1) is 11.8 Å². The van der Waals surface area contributed by atoms with E-state index in [9.17, 15) is 57.1 Å². The summed E-state index contributed by atoms with van der Waals surface area (Å²) in [4.78, 5) is 0. The van der Waals surface area contributed by atoms with E-state index >= 15 is 0 Å². The number of alkyl halides is 6. The Morgan fingerprint density at radius 3 is 1.92 bits per heavy atom. The highest BCUT2D eigenvalue weighted by molar-refractivity contribution is 14.2. The highest BCUT2D eigenvalue weighted by Crippen LogP contribution is 2.41. The van der Waals surface area contributed by atoms with Gasteiger partial charge >= 0.3 is 11.8 Å². The SMILES string of the molecule is C=IC(C)/C(F)=C(F)\C(F)=C(\F)CCOCC(F)(F)C(F)(F)COCC1C(F)=C(F)C(F)=C(F)C(F)C1C. The van der Waals surface area contributed by atoms with Crippen LogP contribution in [0.15, 0.2) is 46.6 Å². The predicted octanol–water partition coefficient (Wildman–Crippen LogP) is 8.68. The Bertz CT molecular complexity index is 990. The van der Waals surface area contributed by atoms with Crippen LogP contribution in [0.4, 0.5) is 57.1 Å². The molecule has 0 saturated heterocycles. The molecular weight excluding hydrogens is 670 g/mol. The van der Waals surface area contributed by atoms with E-state index in [2.05, 4.69) is 14.0 Å². The monoisotopic (exact) mass is 692 g/mol. The minimum Gasteiger partial charge on any atom is -0.375 e. The molecule has 0 aromatic heterocycles. The third-order valence-electron chi connectivity index (χ3n) is 5.36. The molecule has 0 bridgehead atoms. The molecule has 0 aromatic rings. The van der Waals surface area contributed by atoms with E-state index in [-0.39, 0.29) is 0 Å². The van der Waals surface area contributed by atoms with Crippen LogP contribution in [0.25, 0.3) is 0 Å². The second-order valence-corrected chi connectivity index (χ2v) is 10.8. The number of hydrogen-bond donors (Lipinski definition) is 0. The van der Waals surface area contributed by atoms with Crippen LogP contribution in [0.3, 0.4) is 0 Å². The molecular formula is C22H22F13IO2. The van der Waals surface area contributed by atoms with Crippen LogP contribution in [0.1, 0.15) is 20.3 Å². The first-order valence-electron chi connectivity index (χ1n) is 10.5. The Morgan fingerprint density at radius 2 is 1.39 bits per heavy atom. The maximum Gasteiger partial charge on any atom is 0.335 e. The summed E-state index contributed by atoms with van der Waals surface area (Å²) < 4.78 is 189. The first-order valence-corrected chi connectivity index (χ1v) is 13.3. The zero-order valence-corrected chi connectivity index (χ0v) is 21.8. The lowest BCUT2D eigenvalue weighted by molar-refractivity contribution is -0.252. The van der Waals surface area contributed by atoms with Crippen molar-refractivity contribution < 1.29 is 66.5 Å². The van der Waals surface area contributed by atoms with Gasteiger partial charge in [0.05, 0.1) is 17.1 Å². The third-order valence-corrected chi connectivity index (χ3v) is 7.23. The zero-order valence-electron chi connectivity index (χ0n) is 19.7. The molecule has 0 fully saturated rings. The second-order valence-electron chi connectivity index (χ2n) is 8.07. The number of allylic oxidation sites excluding steroid dienone is 6. The summed E-state index contributed by atoms with van der Waals surface area (Å²) in [6.07, 6.45) is -4.10. The van der Waals surface area contributed by atoms with Gasteiger partial charge in [-0.1, -0.05) is 11.4 Å². The van der Waals surface area contributed by atoms with Gasteiger partial charge in [-0.3, -0.25) is 0 Å². The van der Waals surface area contributed by atoms with Gasteiger partial charge in [-0.05, 0) is 6.92 Å². The van der Waals surface area contributed by atoms with Gasteiger partial charge in [0.15, 0.2) is 41.1 Å². The maximum absolute atomic E-state index is 14.0. The number of halogens is 14. The Labute approximate surface area is 219 Å². The Kier molecular flexibility index (Phi) is 13.0. The summed E-state index contributed by atoms with van der Waals surface area (Å²) in [5.74, 6) is -31.3. The lowest BCUT2D eigenvalue weighted by Gasteiger charge is -2.28. The van der Waals surface area contributed by atoms with Crippen LogP contribution >= 0.6 is 20.7 Å². The smallest absolute Gasteiger partial charge is 0.335 e. The highest BCUT2D eigenvalue weighted by Gasteiger charge is 2.56. The Morgan fingerprint density at radius 1 is 0.895 bits per heavy atom. The first kappa shape index (κ1) is 34.6. The molecule has 0 spiro atoms. The lowest BCUT2D eigenvalue weighted by atomic mass is 9.90. The van der Waals surface area contributed by atoms with Crippen molar-refractivity contribution in [1.29, 1.82) is 0 Å². The quantitative estimate of drug-likeness (QED) is 0.0633. The molecule has 0 N–H and O–H groups in total. The molecule has 0 saturated carbocycles. The van der Waals surface area contributed by atoms with Crippen molar-refractivity contribution in [2.45, 2.75) is 42.2 Å². The Hall–Kier alpha value is -1.43. The van der Waals surface area contributed by atoms with E-state index in [0.29, 0.717) is 0 Å². The fourth-order valence-electron chi connectivity index (χ4n) is 2.85. The van der Waals surface area contributed by atoms with Gasteiger partial charge in [0, 0.05) is 18.3 Å². The van der Waals surface area contributed by atoms with Crippen LogP contribution in [0.2, 0.25) is 0 Å². The number of hydrogen-bond acceptors (Lipinski definition) is 2. The van der Waals surface area contributed by atoms with Gasteiger partial charge in [0.25, 0.3) is 0 Å². The Balaban J connectivity index is 2.74. The van der Waals surface area contributed by atoms with Crippen molar-refractivity contribution in [2.24, 2.45) is 11.8 Å². The average molecular weight is 692 g/mol. The van der Waals surface area contributed by atoms with Crippen molar-refractivity contribution in [3.05, 3.63) is 46.6 Å². The van der Waals surface area contributed by atoms with E-state index in [4.69, 9.17) is 0 Å². The van der Waals surface area contributed by atoms with Gasteiger partial charge in [0.2, 0.25) is 0 Å². The largest absolute Gasteiger partial charge is 0.375 e. The predicted molar refractivity (Wildman–Crippen MR) is 121 cm³/mol. The molecule has 4 atom stereocenters. The van der Waals surface area contributed by atoms with Crippen LogP contribution < -0.4 is 0 Å². The maximum atomic E-state index is 14.0. The van der Waals surface area contributed by atoms with Crippen molar-refractivity contribution in [1.82, 2.24) is 0 Å². The fourth-order valence-corrected chi connectivity index (χ4v) is 3.51. The zero-order chi connectivity index (χ0) is 29.6. The standard InChI is InChI=1S/C22H22F13IO2/c1-9-11(15(26)19(30)20(31)17(28)13(9)24)6-38-8-22(34,35)21(32,33)7-37-5-4-12(23)16(27)18(29)14(25)10(2)36-3/h9-11,13H,3-8H2,1-2H3/b16-12-,18-14-. The van der Waals surface area contributed by atoms with Crippen molar-refractivity contribution in [3.63, 3.8) is 0 Å². The third kappa shape index (κ3) is 8.29. The molecule has 220 valence electrons. The van der Waals surface area contributed by atoms with Gasteiger partial charge in [-0.15, -0.1) is 20.7 Å². The molecule has 1 rings (SSSR count). The topological polar surface area (TPSA) is 18.5 Å². The van der Waals surface area contributed by atoms with Gasteiger partial charge in [-0.2, -0.15) is 17.6 Å². The summed E-state index contributed by atoms with van der Waals surface area (Å²) in [5.41, 5.74) is 0. The number of ether oxygens (including phenoxy) is 2. The van der Waals surface area contributed by atoms with E-state index in [1.807, 2.05) is 0 Å². The summed E-state index contributed by atoms with van der Waals surface area (Å²) >= 11 is -1.15. The summed E-state index contributed by atoms with van der Waals surface area (Å²) in [6, 6.07) is 0. The molecule has 16 heteroatoms. The molecule has 1 aliphatic carbocycles. The van der Waals surface area contributed by atoms with E-state index in [0.717, 1.165) is 6.92 Å². The molecule has 2 nitrogen and oxygen atoms in total. The van der Waals surface area contributed by atoms with Crippen LogP contribution in [-0.2, 0) is 9.47 Å². The molecule has 0 heterocycles. The normalized spacial score (nSPS) is 23.8. The molecule has 0 aromatic carbocycles. The summed E-state index contributed by atoms with van der Waals surface area (Å²) in [6.45, 7) is -4.83. The van der Waals surface area contributed by atoms with E-state index in [1.165, 1.54) is 6.92 Å². The average Bonchev–Trinajstić information content (AvgIpc) is 2.92. The van der Waals surface area contributed by atoms with E-state index < -0.39 is 134 Å². The van der Waals surface area contributed by atoms with Crippen molar-refractivity contribution in [2.75, 3.05) is 26.4 Å². The minimum absolute atomic E-state index is 0.778. The molecule has 0 aliphatic heterocycles. The minimum atomic E-state index is -5.06. The van der Waals surface area contributed by atoms with Crippen LogP contribution in [-0.4, -0.2) is 52.9 Å². The van der Waals surface area contributed by atoms with Crippen molar-refractivity contribution >= 4 is 25.2 Å². The second kappa shape index (κ2) is 14.3. The van der Waals surface area contributed by atoms with Gasteiger partial charge in [0.1, 0.15) is 24.9 Å². The highest BCUT2D eigenvalue weighted by atomic mass is 127. The van der Waals surface area contributed by atoms with Gasteiger partial charge in [-0.25, -0.2) is 39.5 Å². The molecule has 38 heavy (non-hydrogen) atoms.